The number of thiol groups is 1. The first-order chi connectivity index (χ1) is 12.0. The number of halogens is 3. The smallest absolute Gasteiger partial charge is 0.147 e. The van der Waals surface area contributed by atoms with E-state index in [0.717, 1.165) is 11.6 Å². The molecule has 128 valence electrons. The number of ether oxygens (including phenoxy) is 1. The van der Waals surface area contributed by atoms with Gasteiger partial charge >= 0.3 is 0 Å². The van der Waals surface area contributed by atoms with Crippen molar-refractivity contribution >= 4 is 24.2 Å². The fraction of sp³-hybridized carbons (Fsp3) is 0.176. The van der Waals surface area contributed by atoms with Gasteiger partial charge in [-0.05, 0) is 12.1 Å². The van der Waals surface area contributed by atoms with Gasteiger partial charge in [0.25, 0.3) is 0 Å². The summed E-state index contributed by atoms with van der Waals surface area (Å²) in [7, 11) is 0. The van der Waals surface area contributed by atoms with Crippen molar-refractivity contribution in [1.82, 2.24) is 15.0 Å². The van der Waals surface area contributed by atoms with Crippen molar-refractivity contribution in [3.63, 3.8) is 0 Å². The van der Waals surface area contributed by atoms with Gasteiger partial charge in [0.15, 0.2) is 0 Å². The maximum atomic E-state index is 14.5. The Bertz CT molecular complexity index is 951. The Kier molecular flexibility index (Phi) is 4.02. The van der Waals surface area contributed by atoms with E-state index in [0.29, 0.717) is 10.0 Å². The van der Waals surface area contributed by atoms with Crippen LogP contribution in [0.15, 0.2) is 53.7 Å². The molecule has 3 aromatic rings. The zero-order valence-electron chi connectivity index (χ0n) is 12.7. The number of benzene rings is 2. The Morgan fingerprint density at radius 1 is 1.24 bits per heavy atom. The minimum Gasteiger partial charge on any atom is -0.354 e. The largest absolute Gasteiger partial charge is 0.354 e. The van der Waals surface area contributed by atoms with E-state index < -0.39 is 23.3 Å². The van der Waals surface area contributed by atoms with Crippen LogP contribution in [-0.2, 0) is 16.9 Å². The highest BCUT2D eigenvalue weighted by Crippen LogP contribution is 2.59. The lowest BCUT2D eigenvalue weighted by Crippen LogP contribution is -2.22. The summed E-state index contributed by atoms with van der Waals surface area (Å²) in [6.45, 7) is 0.171. The molecule has 0 bridgehead atoms. The molecule has 1 aliphatic rings. The van der Waals surface area contributed by atoms with E-state index in [4.69, 9.17) is 16.3 Å². The summed E-state index contributed by atoms with van der Waals surface area (Å²) in [5, 5.41) is 8.75. The van der Waals surface area contributed by atoms with E-state index in [1.807, 2.05) is 12.1 Å². The number of hydrogen-bond donors (Lipinski definition) is 1. The second kappa shape index (κ2) is 6.09. The van der Waals surface area contributed by atoms with Crippen molar-refractivity contribution < 1.29 is 13.5 Å². The summed E-state index contributed by atoms with van der Waals surface area (Å²) in [4.78, 5) is 0. The molecule has 4 rings (SSSR count). The van der Waals surface area contributed by atoms with Gasteiger partial charge in [-0.1, -0.05) is 41.1 Å². The van der Waals surface area contributed by atoms with Crippen LogP contribution in [0.4, 0.5) is 8.78 Å². The van der Waals surface area contributed by atoms with E-state index in [2.05, 4.69) is 22.9 Å². The molecule has 0 amide bonds. The van der Waals surface area contributed by atoms with E-state index in [-0.39, 0.29) is 12.1 Å². The number of hydrogen-bond acceptors (Lipinski definition) is 4. The molecule has 0 unspecified atom stereocenters. The van der Waals surface area contributed by atoms with Crippen molar-refractivity contribution in [3.05, 3.63) is 76.4 Å². The molecule has 0 N–H and O–H groups in total. The predicted molar refractivity (Wildman–Crippen MR) is 90.6 cm³/mol. The van der Waals surface area contributed by atoms with Crippen LogP contribution in [0.2, 0.25) is 5.02 Å². The lowest BCUT2D eigenvalue weighted by Gasteiger charge is -2.16. The van der Waals surface area contributed by atoms with Crippen LogP contribution in [0, 0.1) is 11.6 Å². The summed E-state index contributed by atoms with van der Waals surface area (Å²) in [6.07, 6.45) is 0.989. The molecule has 0 aliphatic carbocycles. The Balaban J connectivity index is 1.80. The monoisotopic (exact) mass is 379 g/mol. The van der Waals surface area contributed by atoms with E-state index >= 15 is 0 Å². The number of aromatic nitrogens is 3. The Hall–Kier alpha value is -1.96. The third-order valence-electron chi connectivity index (χ3n) is 4.25. The highest BCUT2D eigenvalue weighted by molar-refractivity contribution is 7.80. The van der Waals surface area contributed by atoms with Gasteiger partial charge in [-0.2, -0.15) is 0 Å². The first kappa shape index (κ1) is 16.5. The maximum Gasteiger partial charge on any atom is 0.147 e. The predicted octanol–water partition coefficient (Wildman–Crippen LogP) is 4.17. The van der Waals surface area contributed by atoms with Crippen LogP contribution >= 0.6 is 24.2 Å². The zero-order valence-corrected chi connectivity index (χ0v) is 14.4. The van der Waals surface area contributed by atoms with Crippen LogP contribution in [0.1, 0.15) is 17.2 Å². The average molecular weight is 380 g/mol. The lowest BCUT2D eigenvalue weighted by molar-refractivity contribution is 0.250. The van der Waals surface area contributed by atoms with Crippen molar-refractivity contribution in [1.29, 1.82) is 0 Å². The van der Waals surface area contributed by atoms with E-state index in [1.54, 1.807) is 12.1 Å². The minimum atomic E-state index is -1.06. The van der Waals surface area contributed by atoms with E-state index in [1.165, 1.54) is 23.0 Å². The molecule has 8 heteroatoms. The van der Waals surface area contributed by atoms with Crippen molar-refractivity contribution in [2.24, 2.45) is 0 Å². The molecule has 4 nitrogen and oxygen atoms in total. The molecule has 0 radical (unpaired) electrons. The van der Waals surface area contributed by atoms with Crippen LogP contribution in [0.3, 0.4) is 0 Å². The third-order valence-corrected chi connectivity index (χ3v) is 4.94. The normalized spacial score (nSPS) is 22.2. The van der Waals surface area contributed by atoms with Gasteiger partial charge in [-0.3, -0.25) is 0 Å². The van der Waals surface area contributed by atoms with Crippen LogP contribution in [0.5, 0.6) is 0 Å². The second-order valence-electron chi connectivity index (χ2n) is 5.78. The molecule has 2 heterocycles. The van der Waals surface area contributed by atoms with Crippen LogP contribution in [0.25, 0.3) is 0 Å². The van der Waals surface area contributed by atoms with Crippen LogP contribution in [-0.4, -0.2) is 15.0 Å². The molecule has 2 aromatic carbocycles. The fourth-order valence-corrected chi connectivity index (χ4v) is 3.41. The van der Waals surface area contributed by atoms with Gasteiger partial charge in [0.1, 0.15) is 28.4 Å². The zero-order chi connectivity index (χ0) is 17.6. The van der Waals surface area contributed by atoms with Gasteiger partial charge < -0.3 is 4.74 Å². The first-order valence-electron chi connectivity index (χ1n) is 7.46. The molecule has 25 heavy (non-hydrogen) atoms. The SMILES string of the molecule is Fc1ccc([C@]2(Cn3nncc3S)O[C@H]2c2ccccc2Cl)c(F)c1. The first-order valence-corrected chi connectivity index (χ1v) is 8.29. The molecule has 2 atom stereocenters. The van der Waals surface area contributed by atoms with Crippen molar-refractivity contribution in [3.8, 4) is 0 Å². The average Bonchev–Trinajstić information content (AvgIpc) is 3.14. The quantitative estimate of drug-likeness (QED) is 0.546. The second-order valence-corrected chi connectivity index (χ2v) is 6.65. The molecule has 0 saturated carbocycles. The molecule has 1 aliphatic heterocycles. The highest BCUT2D eigenvalue weighted by atomic mass is 35.5. The summed E-state index contributed by atoms with van der Waals surface area (Å²) >= 11 is 10.6. The molecule has 1 fully saturated rings. The highest BCUT2D eigenvalue weighted by Gasteiger charge is 2.61. The number of epoxide rings is 1. The molecule has 0 spiro atoms. The Morgan fingerprint density at radius 3 is 2.72 bits per heavy atom. The Labute approximate surface area is 152 Å². The Morgan fingerprint density at radius 2 is 2.04 bits per heavy atom. The lowest BCUT2D eigenvalue weighted by atomic mass is 9.91. The summed E-state index contributed by atoms with van der Waals surface area (Å²) < 4.78 is 35.3. The standard InChI is InChI=1S/C17H12ClF2N3OS/c18-13-4-2-1-3-11(13)16-17(24-16,9-23-15(25)8-21-22-23)12-6-5-10(19)7-14(12)20/h1-8,16,25H,9H2/t16-,17-/m0/s1. The van der Waals surface area contributed by atoms with Gasteiger partial charge in [0.05, 0.1) is 12.7 Å². The topological polar surface area (TPSA) is 43.2 Å². The molecule has 1 aromatic heterocycles. The van der Waals surface area contributed by atoms with Gasteiger partial charge in [-0.25, -0.2) is 13.5 Å². The minimum absolute atomic E-state index is 0.171. The van der Waals surface area contributed by atoms with Crippen LogP contribution < -0.4 is 0 Å². The molecular formula is C17H12ClF2N3OS. The third kappa shape index (κ3) is 2.82. The van der Waals surface area contributed by atoms with Gasteiger partial charge in [0, 0.05) is 22.2 Å². The van der Waals surface area contributed by atoms with Crippen molar-refractivity contribution in [2.45, 2.75) is 23.3 Å². The summed E-state index contributed by atoms with van der Waals surface area (Å²) in [5.74, 6) is -1.34. The van der Waals surface area contributed by atoms with Crippen molar-refractivity contribution in [2.75, 3.05) is 0 Å². The molecular weight excluding hydrogens is 368 g/mol. The number of nitrogens with zero attached hydrogens (tertiary/aromatic N) is 3. The molecule has 1 saturated heterocycles. The number of rotatable bonds is 4. The van der Waals surface area contributed by atoms with Gasteiger partial charge in [0.2, 0.25) is 0 Å². The van der Waals surface area contributed by atoms with Gasteiger partial charge in [-0.15, -0.1) is 17.7 Å². The maximum absolute atomic E-state index is 14.5. The summed E-state index contributed by atoms with van der Waals surface area (Å²) in [5.41, 5.74) is -0.0932. The summed E-state index contributed by atoms with van der Waals surface area (Å²) in [6, 6.07) is 10.6. The fourth-order valence-electron chi connectivity index (χ4n) is 3.01. The van der Waals surface area contributed by atoms with E-state index in [9.17, 15) is 8.78 Å².